The topological polar surface area (TPSA) is 76.1 Å². The quantitative estimate of drug-likeness (QED) is 0.561. The second kappa shape index (κ2) is 8.79. The smallest absolute Gasteiger partial charge is 0.253 e. The average Bonchev–Trinajstić information content (AvgIpc) is 3.37. The lowest BCUT2D eigenvalue weighted by Crippen LogP contribution is -2.29. The number of carbonyl (C=O) groups excluding carboxylic acids is 2. The predicted molar refractivity (Wildman–Crippen MR) is 135 cm³/mol. The van der Waals surface area contributed by atoms with Crippen LogP contribution in [0.3, 0.4) is 0 Å². The first-order valence-corrected chi connectivity index (χ1v) is 12.5. The fraction of sp³-hybridized carbons (Fsp3) is 0.333. The lowest BCUT2D eigenvalue weighted by molar-refractivity contribution is -0.120. The molecule has 36 heavy (non-hydrogen) atoms. The molecule has 6 nitrogen and oxygen atoms in total. The highest BCUT2D eigenvalue weighted by molar-refractivity contribution is 5.96. The third-order valence-corrected chi connectivity index (χ3v) is 7.77. The van der Waals surface area contributed by atoms with Gasteiger partial charge in [0.2, 0.25) is 6.79 Å². The summed E-state index contributed by atoms with van der Waals surface area (Å²) < 4.78 is 10.9. The highest BCUT2D eigenvalue weighted by Crippen LogP contribution is 2.51. The van der Waals surface area contributed by atoms with E-state index in [0.717, 1.165) is 46.4 Å². The third-order valence-electron chi connectivity index (χ3n) is 7.77. The first-order valence-electron chi connectivity index (χ1n) is 12.5. The minimum Gasteiger partial charge on any atom is -0.454 e. The van der Waals surface area contributed by atoms with E-state index in [2.05, 4.69) is 19.1 Å². The van der Waals surface area contributed by atoms with Crippen molar-refractivity contribution in [3.63, 3.8) is 0 Å². The molecular weight excluding hydrogens is 454 g/mol. The van der Waals surface area contributed by atoms with Gasteiger partial charge in [-0.1, -0.05) is 36.4 Å². The number of fused-ring (bicyclic) bond motifs is 1. The second-order valence-corrected chi connectivity index (χ2v) is 10.2. The van der Waals surface area contributed by atoms with Crippen LogP contribution in [0.5, 0.6) is 11.5 Å². The summed E-state index contributed by atoms with van der Waals surface area (Å²) in [5.74, 6) is 1.63. The zero-order chi connectivity index (χ0) is 24.9. The number of aliphatic hydroxyl groups excluding tert-OH is 1. The van der Waals surface area contributed by atoms with Crippen molar-refractivity contribution in [2.75, 3.05) is 19.9 Å². The molecule has 2 heterocycles. The molecule has 0 spiro atoms. The number of rotatable bonds is 6. The van der Waals surface area contributed by atoms with Gasteiger partial charge in [0.15, 0.2) is 11.5 Å². The molecule has 3 aliphatic rings. The van der Waals surface area contributed by atoms with Crippen molar-refractivity contribution in [3.8, 4) is 22.6 Å². The summed E-state index contributed by atoms with van der Waals surface area (Å²) in [6.45, 7) is 3.26. The Bertz CT molecular complexity index is 1340. The van der Waals surface area contributed by atoms with Gasteiger partial charge in [0.05, 0.1) is 11.5 Å². The van der Waals surface area contributed by atoms with E-state index < -0.39 is 11.5 Å². The van der Waals surface area contributed by atoms with E-state index in [1.54, 1.807) is 4.90 Å². The average molecular weight is 484 g/mol. The summed E-state index contributed by atoms with van der Waals surface area (Å²) in [5.41, 5.74) is 5.37. The van der Waals surface area contributed by atoms with Gasteiger partial charge in [0.1, 0.15) is 5.78 Å². The number of ketones is 1. The normalized spacial score (nSPS) is 19.4. The minimum atomic E-state index is -0.433. The Labute approximate surface area is 210 Å². The number of β-amino-alcohol motifs (C(OH)–C–C–N with tert-alkyl or cyclic N) is 1. The SMILES string of the molecule is Cc1ccc(CC(=O)C2(c3ccc4c(c3)OCO4)CC2)cc1-c1ccc(C(=O)N2CC[C@H](O)C2)cc1. The fourth-order valence-corrected chi connectivity index (χ4v) is 5.39. The summed E-state index contributed by atoms with van der Waals surface area (Å²) in [6.07, 6.45) is 2.28. The highest BCUT2D eigenvalue weighted by atomic mass is 16.7. The number of benzene rings is 3. The van der Waals surface area contributed by atoms with E-state index in [-0.39, 0.29) is 18.5 Å². The van der Waals surface area contributed by atoms with Crippen LogP contribution in [0.4, 0.5) is 0 Å². The molecule has 1 aliphatic carbocycles. The van der Waals surface area contributed by atoms with E-state index in [4.69, 9.17) is 9.47 Å². The van der Waals surface area contributed by atoms with E-state index in [9.17, 15) is 14.7 Å². The lowest BCUT2D eigenvalue weighted by Gasteiger charge is -2.17. The number of amides is 1. The first-order chi connectivity index (χ1) is 17.4. The maximum absolute atomic E-state index is 13.5. The highest BCUT2D eigenvalue weighted by Gasteiger charge is 2.50. The van der Waals surface area contributed by atoms with E-state index in [1.165, 1.54) is 0 Å². The van der Waals surface area contributed by atoms with Crippen molar-refractivity contribution in [1.29, 1.82) is 0 Å². The number of nitrogens with zero attached hydrogens (tertiary/aromatic N) is 1. The molecule has 0 aromatic heterocycles. The fourth-order valence-electron chi connectivity index (χ4n) is 5.39. The van der Waals surface area contributed by atoms with Crippen LogP contribution in [0.15, 0.2) is 60.7 Å². The molecule has 0 radical (unpaired) electrons. The Balaban J connectivity index is 1.20. The van der Waals surface area contributed by atoms with Gasteiger partial charge >= 0.3 is 0 Å². The van der Waals surface area contributed by atoms with Crippen LogP contribution in [-0.2, 0) is 16.6 Å². The summed E-state index contributed by atoms with van der Waals surface area (Å²) in [5, 5.41) is 9.73. The molecule has 1 amide bonds. The van der Waals surface area contributed by atoms with Crippen LogP contribution in [0, 0.1) is 6.92 Å². The van der Waals surface area contributed by atoms with Gasteiger partial charge in [0, 0.05) is 25.1 Å². The molecule has 2 aliphatic heterocycles. The summed E-state index contributed by atoms with van der Waals surface area (Å²) in [7, 11) is 0. The Hall–Kier alpha value is -3.64. The maximum Gasteiger partial charge on any atom is 0.253 e. The van der Waals surface area contributed by atoms with E-state index >= 15 is 0 Å². The maximum atomic E-state index is 13.5. The van der Waals surface area contributed by atoms with Crippen LogP contribution in [0.1, 0.15) is 46.3 Å². The van der Waals surface area contributed by atoms with Crippen LogP contribution in [0.25, 0.3) is 11.1 Å². The van der Waals surface area contributed by atoms with Gasteiger partial charge < -0.3 is 19.5 Å². The van der Waals surface area contributed by atoms with Gasteiger partial charge in [-0.05, 0) is 78.3 Å². The van der Waals surface area contributed by atoms with Crippen LogP contribution in [0.2, 0.25) is 0 Å². The van der Waals surface area contributed by atoms with Gasteiger partial charge in [-0.25, -0.2) is 0 Å². The Kier molecular flexibility index (Phi) is 5.56. The predicted octanol–water partition coefficient (Wildman–Crippen LogP) is 4.44. The van der Waals surface area contributed by atoms with Gasteiger partial charge in [-0.3, -0.25) is 9.59 Å². The molecule has 0 unspecified atom stereocenters. The van der Waals surface area contributed by atoms with Crippen molar-refractivity contribution in [3.05, 3.63) is 82.9 Å². The van der Waals surface area contributed by atoms with E-state index in [0.29, 0.717) is 37.2 Å². The molecule has 3 aromatic carbocycles. The van der Waals surface area contributed by atoms with Crippen molar-refractivity contribution in [1.82, 2.24) is 4.90 Å². The summed E-state index contributed by atoms with van der Waals surface area (Å²) >= 11 is 0. The molecule has 0 bridgehead atoms. The Morgan fingerprint density at radius 1 is 1.00 bits per heavy atom. The molecule has 1 saturated carbocycles. The van der Waals surface area contributed by atoms with Gasteiger partial charge in [0.25, 0.3) is 5.91 Å². The largest absolute Gasteiger partial charge is 0.454 e. The van der Waals surface area contributed by atoms with Crippen LogP contribution >= 0.6 is 0 Å². The molecule has 3 aromatic rings. The number of likely N-dealkylation sites (tertiary alicyclic amines) is 1. The lowest BCUT2D eigenvalue weighted by atomic mass is 9.87. The zero-order valence-electron chi connectivity index (χ0n) is 20.3. The molecule has 2 fully saturated rings. The molecule has 1 saturated heterocycles. The molecule has 1 N–H and O–H groups in total. The third kappa shape index (κ3) is 4.05. The molecule has 184 valence electrons. The molecule has 6 rings (SSSR count). The molecule has 6 heteroatoms. The first kappa shape index (κ1) is 22.8. The molecule has 1 atom stereocenters. The number of aliphatic hydroxyl groups is 1. The Morgan fingerprint density at radius 2 is 1.78 bits per heavy atom. The number of hydrogen-bond donors (Lipinski definition) is 1. The van der Waals surface area contributed by atoms with Gasteiger partial charge in [-0.2, -0.15) is 0 Å². The van der Waals surface area contributed by atoms with Crippen molar-refractivity contribution in [2.24, 2.45) is 0 Å². The number of Topliss-reactive ketones (excluding diaryl/α,β-unsaturated/α-hetero) is 1. The van der Waals surface area contributed by atoms with Crippen molar-refractivity contribution >= 4 is 11.7 Å². The number of ether oxygens (including phenoxy) is 2. The monoisotopic (exact) mass is 483 g/mol. The molecular formula is C30H29NO5. The Morgan fingerprint density at radius 3 is 2.50 bits per heavy atom. The standard InChI is InChI=1S/C30H29NO5/c1-19-2-3-20(15-28(33)30(11-12-30)23-8-9-26-27(16-23)36-18-35-26)14-25(19)21-4-6-22(7-5-21)29(34)31-13-10-24(32)17-31/h2-9,14,16,24,32H,10-13,15,17-18H2,1H3/t24-/m0/s1. The second-order valence-electron chi connectivity index (χ2n) is 10.2. The number of hydrogen-bond acceptors (Lipinski definition) is 5. The number of carbonyl (C=O) groups is 2. The van der Waals surface area contributed by atoms with E-state index in [1.807, 2.05) is 48.5 Å². The van der Waals surface area contributed by atoms with Crippen molar-refractivity contribution < 1.29 is 24.2 Å². The van der Waals surface area contributed by atoms with Crippen LogP contribution in [-0.4, -0.2) is 47.7 Å². The summed E-state index contributed by atoms with van der Waals surface area (Å²) in [6, 6.07) is 19.6. The van der Waals surface area contributed by atoms with Gasteiger partial charge in [-0.15, -0.1) is 0 Å². The zero-order valence-corrected chi connectivity index (χ0v) is 20.3. The number of aryl methyl sites for hydroxylation is 1. The van der Waals surface area contributed by atoms with Crippen molar-refractivity contribution in [2.45, 2.75) is 44.1 Å². The van der Waals surface area contributed by atoms with Crippen LogP contribution < -0.4 is 9.47 Å². The summed E-state index contributed by atoms with van der Waals surface area (Å²) in [4.78, 5) is 27.9. The minimum absolute atomic E-state index is 0.0487.